The standard InChI is InChI=1S/C26H32N6O3/c1-17(2)24(25-28-29-30-32(25)20-7-4-5-8-20)31(16-22-9-6-12-35-22)15-19-13-18-14-21(34-3)10-11-23(18)27-26(19)33/h6,9-14,17,20,24H,4-5,7-8,15-16H2,1-3H3,(H,27,33). The number of aromatic amines is 1. The van der Waals surface area contributed by atoms with Crippen LogP contribution >= 0.6 is 0 Å². The van der Waals surface area contributed by atoms with Crippen LogP contribution in [0.1, 0.15) is 68.8 Å². The quantitative estimate of drug-likeness (QED) is 0.376. The van der Waals surface area contributed by atoms with Crippen molar-refractivity contribution in [2.45, 2.75) is 64.7 Å². The van der Waals surface area contributed by atoms with E-state index in [9.17, 15) is 4.79 Å². The van der Waals surface area contributed by atoms with Crippen LogP contribution < -0.4 is 10.3 Å². The summed E-state index contributed by atoms with van der Waals surface area (Å²) in [4.78, 5) is 18.4. The number of H-pyrrole nitrogens is 1. The first-order valence-electron chi connectivity index (χ1n) is 12.3. The topological polar surface area (TPSA) is 102 Å². The maximum atomic E-state index is 13.1. The highest BCUT2D eigenvalue weighted by Gasteiger charge is 2.33. The molecule has 0 saturated heterocycles. The highest BCUT2D eigenvalue weighted by atomic mass is 16.5. The van der Waals surface area contributed by atoms with Gasteiger partial charge in [-0.3, -0.25) is 9.69 Å². The summed E-state index contributed by atoms with van der Waals surface area (Å²) in [5.41, 5.74) is 1.34. The van der Waals surface area contributed by atoms with Gasteiger partial charge in [-0.25, -0.2) is 4.68 Å². The van der Waals surface area contributed by atoms with Crippen LogP contribution in [0.15, 0.2) is 51.9 Å². The molecule has 0 bridgehead atoms. The summed E-state index contributed by atoms with van der Waals surface area (Å²) >= 11 is 0. The van der Waals surface area contributed by atoms with Gasteiger partial charge in [-0.15, -0.1) is 5.10 Å². The Bertz CT molecular complexity index is 1320. The molecule has 1 aliphatic rings. The van der Waals surface area contributed by atoms with Crippen molar-refractivity contribution in [1.29, 1.82) is 0 Å². The van der Waals surface area contributed by atoms with Gasteiger partial charge in [0.15, 0.2) is 5.82 Å². The monoisotopic (exact) mass is 476 g/mol. The van der Waals surface area contributed by atoms with Crippen LogP contribution in [0.2, 0.25) is 0 Å². The Morgan fingerprint density at radius 1 is 1.20 bits per heavy atom. The minimum Gasteiger partial charge on any atom is -0.497 e. The third kappa shape index (κ3) is 4.86. The highest BCUT2D eigenvalue weighted by molar-refractivity contribution is 5.80. The Hall–Kier alpha value is -3.46. The molecule has 1 aromatic carbocycles. The van der Waals surface area contributed by atoms with Crippen LogP contribution in [0, 0.1) is 5.92 Å². The van der Waals surface area contributed by atoms with Crippen molar-refractivity contribution in [3.8, 4) is 5.75 Å². The molecule has 1 atom stereocenters. The summed E-state index contributed by atoms with van der Waals surface area (Å²) in [7, 11) is 1.64. The van der Waals surface area contributed by atoms with E-state index < -0.39 is 0 Å². The van der Waals surface area contributed by atoms with Crippen LogP contribution in [-0.2, 0) is 13.1 Å². The number of tetrazole rings is 1. The third-order valence-corrected chi connectivity index (χ3v) is 6.92. The molecule has 1 fully saturated rings. The predicted molar refractivity (Wildman–Crippen MR) is 132 cm³/mol. The molecule has 0 aliphatic heterocycles. The van der Waals surface area contributed by atoms with Crippen LogP contribution in [0.25, 0.3) is 10.9 Å². The second kappa shape index (κ2) is 10.0. The average molecular weight is 477 g/mol. The maximum Gasteiger partial charge on any atom is 0.252 e. The van der Waals surface area contributed by atoms with Gasteiger partial charge in [0, 0.05) is 23.0 Å². The van der Waals surface area contributed by atoms with Gasteiger partial charge in [-0.05, 0) is 65.6 Å². The van der Waals surface area contributed by atoms with Crippen molar-refractivity contribution in [2.24, 2.45) is 5.92 Å². The fraction of sp³-hybridized carbons (Fsp3) is 0.462. The molecule has 35 heavy (non-hydrogen) atoms. The SMILES string of the molecule is COc1ccc2[nH]c(=O)c(CN(Cc3ccco3)C(c3nnnn3C3CCCC3)C(C)C)cc2c1. The smallest absolute Gasteiger partial charge is 0.252 e. The second-order valence-corrected chi connectivity index (χ2v) is 9.67. The summed E-state index contributed by atoms with van der Waals surface area (Å²) in [6.07, 6.45) is 6.25. The fourth-order valence-corrected chi connectivity index (χ4v) is 5.24. The first-order chi connectivity index (χ1) is 17.0. The van der Waals surface area contributed by atoms with Gasteiger partial charge in [0.1, 0.15) is 11.5 Å². The normalized spacial score (nSPS) is 15.5. The van der Waals surface area contributed by atoms with Gasteiger partial charge >= 0.3 is 0 Å². The molecule has 0 radical (unpaired) electrons. The number of hydrogen-bond acceptors (Lipinski definition) is 7. The van der Waals surface area contributed by atoms with Gasteiger partial charge in [-0.2, -0.15) is 0 Å². The Morgan fingerprint density at radius 3 is 2.74 bits per heavy atom. The first kappa shape index (κ1) is 23.3. The summed E-state index contributed by atoms with van der Waals surface area (Å²) in [5, 5.41) is 13.9. The molecule has 184 valence electrons. The molecule has 0 amide bonds. The molecule has 9 heteroatoms. The number of hydrogen-bond donors (Lipinski definition) is 1. The lowest BCUT2D eigenvalue weighted by Gasteiger charge is -2.33. The van der Waals surface area contributed by atoms with Crippen molar-refractivity contribution in [1.82, 2.24) is 30.1 Å². The van der Waals surface area contributed by atoms with Crippen molar-refractivity contribution in [3.05, 3.63) is 70.2 Å². The molecule has 1 aliphatic carbocycles. The molecule has 1 unspecified atom stereocenters. The molecule has 9 nitrogen and oxygen atoms in total. The fourth-order valence-electron chi connectivity index (χ4n) is 5.24. The zero-order valence-electron chi connectivity index (χ0n) is 20.5. The number of rotatable bonds is 9. The summed E-state index contributed by atoms with van der Waals surface area (Å²) in [5.74, 6) is 2.63. The number of furan rings is 1. The molecule has 3 aromatic heterocycles. The number of benzene rings is 1. The predicted octanol–water partition coefficient (Wildman–Crippen LogP) is 4.63. The maximum absolute atomic E-state index is 13.1. The lowest BCUT2D eigenvalue weighted by Crippen LogP contribution is -2.35. The van der Waals surface area contributed by atoms with Crippen LogP contribution in [0.4, 0.5) is 0 Å². The van der Waals surface area contributed by atoms with Crippen molar-refractivity contribution in [2.75, 3.05) is 7.11 Å². The Balaban J connectivity index is 1.55. The van der Waals surface area contributed by atoms with E-state index in [1.54, 1.807) is 13.4 Å². The van der Waals surface area contributed by atoms with Gasteiger partial charge in [0.25, 0.3) is 5.56 Å². The average Bonchev–Trinajstić information content (AvgIpc) is 3.62. The highest BCUT2D eigenvalue weighted by Crippen LogP contribution is 2.35. The largest absolute Gasteiger partial charge is 0.497 e. The Morgan fingerprint density at radius 2 is 2.03 bits per heavy atom. The lowest BCUT2D eigenvalue weighted by atomic mass is 9.99. The number of fused-ring (bicyclic) bond motifs is 1. The van der Waals surface area contributed by atoms with E-state index >= 15 is 0 Å². The summed E-state index contributed by atoms with van der Waals surface area (Å²) in [6, 6.07) is 11.7. The molecule has 5 rings (SSSR count). The number of pyridine rings is 1. The minimum atomic E-state index is -0.106. The number of methoxy groups -OCH3 is 1. The van der Waals surface area contributed by atoms with Gasteiger partial charge in [0.2, 0.25) is 0 Å². The molecular formula is C26H32N6O3. The van der Waals surface area contributed by atoms with E-state index in [-0.39, 0.29) is 17.5 Å². The second-order valence-electron chi connectivity index (χ2n) is 9.67. The van der Waals surface area contributed by atoms with E-state index in [1.807, 2.05) is 41.1 Å². The summed E-state index contributed by atoms with van der Waals surface area (Å²) in [6.45, 7) is 5.29. The molecule has 1 N–H and O–H groups in total. The van der Waals surface area contributed by atoms with Crippen molar-refractivity contribution < 1.29 is 9.15 Å². The molecule has 3 heterocycles. The van der Waals surface area contributed by atoms with Crippen LogP contribution in [0.3, 0.4) is 0 Å². The minimum absolute atomic E-state index is 0.101. The molecular weight excluding hydrogens is 444 g/mol. The van der Waals surface area contributed by atoms with E-state index in [4.69, 9.17) is 9.15 Å². The van der Waals surface area contributed by atoms with Crippen molar-refractivity contribution in [3.63, 3.8) is 0 Å². The van der Waals surface area contributed by atoms with E-state index in [0.29, 0.717) is 24.7 Å². The van der Waals surface area contributed by atoms with Crippen molar-refractivity contribution >= 4 is 10.9 Å². The Labute approximate surface area is 204 Å². The number of nitrogens with zero attached hydrogens (tertiary/aromatic N) is 5. The van der Waals surface area contributed by atoms with Crippen LogP contribution in [-0.4, -0.2) is 37.2 Å². The lowest BCUT2D eigenvalue weighted by molar-refractivity contribution is 0.114. The van der Waals surface area contributed by atoms with Gasteiger partial charge < -0.3 is 14.1 Å². The summed E-state index contributed by atoms with van der Waals surface area (Å²) < 4.78 is 13.1. The van der Waals surface area contributed by atoms with E-state index in [1.165, 1.54) is 12.8 Å². The van der Waals surface area contributed by atoms with Gasteiger partial charge in [-0.1, -0.05) is 26.7 Å². The zero-order valence-corrected chi connectivity index (χ0v) is 20.5. The molecule has 4 aromatic rings. The Kier molecular flexibility index (Phi) is 6.68. The zero-order chi connectivity index (χ0) is 24.4. The van der Waals surface area contributed by atoms with Gasteiger partial charge in [0.05, 0.1) is 32.0 Å². The number of aromatic nitrogens is 5. The number of nitrogens with one attached hydrogen (secondary N) is 1. The van der Waals surface area contributed by atoms with E-state index in [0.717, 1.165) is 41.1 Å². The van der Waals surface area contributed by atoms with Crippen LogP contribution in [0.5, 0.6) is 5.75 Å². The van der Waals surface area contributed by atoms with E-state index in [2.05, 4.69) is 39.3 Å². The number of ether oxygens (including phenoxy) is 1. The third-order valence-electron chi connectivity index (χ3n) is 6.92. The first-order valence-corrected chi connectivity index (χ1v) is 12.3. The molecule has 1 saturated carbocycles. The molecule has 0 spiro atoms.